The van der Waals surface area contributed by atoms with Crippen molar-refractivity contribution in [2.45, 2.75) is 58.6 Å². The smallest absolute Gasteiger partial charge is 0.315 e. The summed E-state index contributed by atoms with van der Waals surface area (Å²) in [4.78, 5) is 25.5. The number of hydrogen-bond acceptors (Lipinski definition) is 3. The van der Waals surface area contributed by atoms with Crippen LogP contribution in [0.5, 0.6) is 0 Å². The number of halogens is 1. The first kappa shape index (κ1) is 18.4. The van der Waals surface area contributed by atoms with Crippen LogP contribution in [0.4, 0.5) is 4.39 Å². The highest BCUT2D eigenvalue weighted by molar-refractivity contribution is 6.09. The minimum atomic E-state index is -0.368. The number of fused-ring (bicyclic) bond motifs is 1. The van der Waals surface area contributed by atoms with E-state index < -0.39 is 0 Å². The highest BCUT2D eigenvalue weighted by Crippen LogP contribution is 2.35. The number of aryl methyl sites for hydroxylation is 1. The number of esters is 1. The molecule has 1 aliphatic rings. The average Bonchev–Trinajstić information content (AvgIpc) is 3.13. The monoisotopic (exact) mass is 357 g/mol. The Morgan fingerprint density at radius 3 is 2.58 bits per heavy atom. The molecular formula is C21H24FNO3. The van der Waals surface area contributed by atoms with Gasteiger partial charge in [0.15, 0.2) is 0 Å². The molecule has 5 heteroatoms. The quantitative estimate of drug-likeness (QED) is 0.574. The van der Waals surface area contributed by atoms with E-state index in [1.54, 1.807) is 0 Å². The summed E-state index contributed by atoms with van der Waals surface area (Å²) in [7, 11) is 0. The molecule has 1 unspecified atom stereocenters. The molecule has 1 aromatic carbocycles. The summed E-state index contributed by atoms with van der Waals surface area (Å²) in [5.74, 6) is -1.06. The van der Waals surface area contributed by atoms with Gasteiger partial charge in [-0.25, -0.2) is 4.39 Å². The van der Waals surface area contributed by atoms with Gasteiger partial charge in [0.05, 0.1) is 17.7 Å². The fourth-order valence-corrected chi connectivity index (χ4v) is 3.58. The van der Waals surface area contributed by atoms with Gasteiger partial charge in [0, 0.05) is 17.8 Å². The van der Waals surface area contributed by atoms with Gasteiger partial charge in [-0.2, -0.15) is 0 Å². The lowest BCUT2D eigenvalue weighted by molar-refractivity contribution is -0.149. The fourth-order valence-electron chi connectivity index (χ4n) is 3.58. The summed E-state index contributed by atoms with van der Waals surface area (Å²) in [5.41, 5.74) is 2.87. The molecule has 0 radical (unpaired) electrons. The zero-order valence-corrected chi connectivity index (χ0v) is 15.4. The Morgan fingerprint density at radius 1 is 1.27 bits per heavy atom. The molecule has 2 aromatic rings. The van der Waals surface area contributed by atoms with Crippen LogP contribution in [-0.2, 0) is 22.5 Å². The number of ether oxygens (including phenoxy) is 1. The molecule has 0 N–H and O–H groups in total. The topological polar surface area (TPSA) is 48.3 Å². The molecule has 1 aromatic heterocycles. The highest BCUT2D eigenvalue weighted by Gasteiger charge is 2.35. The molecule has 4 nitrogen and oxygen atoms in total. The van der Waals surface area contributed by atoms with Crippen LogP contribution in [0.1, 0.15) is 66.8 Å². The van der Waals surface area contributed by atoms with Crippen LogP contribution in [-0.4, -0.2) is 22.4 Å². The number of ketones is 1. The van der Waals surface area contributed by atoms with Gasteiger partial charge in [-0.15, -0.1) is 0 Å². The molecule has 26 heavy (non-hydrogen) atoms. The molecule has 1 aliphatic heterocycles. The molecule has 0 spiro atoms. The second-order valence-corrected chi connectivity index (χ2v) is 7.01. The van der Waals surface area contributed by atoms with Crippen LogP contribution in [0, 0.1) is 5.82 Å². The van der Waals surface area contributed by atoms with Gasteiger partial charge in [-0.3, -0.25) is 9.59 Å². The number of carbonyl (C=O) groups is 2. The highest BCUT2D eigenvalue weighted by atomic mass is 19.1. The maximum atomic E-state index is 13.2. The van der Waals surface area contributed by atoms with Crippen LogP contribution in [0.25, 0.3) is 0 Å². The minimum absolute atomic E-state index is 0.127. The third-order valence-corrected chi connectivity index (χ3v) is 4.68. The van der Waals surface area contributed by atoms with Crippen molar-refractivity contribution in [2.75, 3.05) is 0 Å². The first-order chi connectivity index (χ1) is 12.4. The Labute approximate surface area is 153 Å². The second kappa shape index (κ2) is 7.44. The Balaban J connectivity index is 1.99. The average molecular weight is 357 g/mol. The first-order valence-corrected chi connectivity index (χ1v) is 9.15. The van der Waals surface area contributed by atoms with E-state index in [1.165, 1.54) is 24.3 Å². The van der Waals surface area contributed by atoms with Gasteiger partial charge in [-0.1, -0.05) is 13.3 Å². The number of benzene rings is 1. The standard InChI is InChI=1S/C21H24FNO3/c1-4-5-15-12-18-17(21(25)26-13(2)3)10-11-23(18)19(15)20(24)14-6-8-16(22)9-7-14/h6-9,12-13,17H,4-5,10-11H2,1-3H3. The maximum Gasteiger partial charge on any atom is 0.315 e. The summed E-state index contributed by atoms with van der Waals surface area (Å²) < 4.78 is 20.5. The summed E-state index contributed by atoms with van der Waals surface area (Å²) in [6.07, 6.45) is 2.13. The Bertz CT molecular complexity index is 821. The number of hydrogen-bond donors (Lipinski definition) is 0. The van der Waals surface area contributed by atoms with Gasteiger partial charge >= 0.3 is 5.97 Å². The molecule has 2 heterocycles. The Morgan fingerprint density at radius 2 is 1.96 bits per heavy atom. The van der Waals surface area contributed by atoms with Gasteiger partial charge in [-0.05, 0) is 62.6 Å². The SMILES string of the molecule is CCCc1cc2n(c1C(=O)c1ccc(F)cc1)CCC2C(=O)OC(C)C. The molecule has 0 amide bonds. The van der Waals surface area contributed by atoms with E-state index in [2.05, 4.69) is 6.92 Å². The maximum absolute atomic E-state index is 13.2. The largest absolute Gasteiger partial charge is 0.462 e. The number of aromatic nitrogens is 1. The van der Waals surface area contributed by atoms with E-state index in [-0.39, 0.29) is 29.6 Å². The Hall–Kier alpha value is -2.43. The normalized spacial score (nSPS) is 16.0. The molecule has 138 valence electrons. The number of nitrogens with zero attached hydrogens (tertiary/aromatic N) is 1. The van der Waals surface area contributed by atoms with E-state index in [1.807, 2.05) is 24.5 Å². The zero-order chi connectivity index (χ0) is 18.8. The lowest BCUT2D eigenvalue weighted by Crippen LogP contribution is -2.18. The third kappa shape index (κ3) is 3.43. The number of rotatable bonds is 6. The van der Waals surface area contributed by atoms with Gasteiger partial charge in [0.25, 0.3) is 0 Å². The molecule has 0 saturated heterocycles. The lowest BCUT2D eigenvalue weighted by atomic mass is 10.00. The van der Waals surface area contributed by atoms with E-state index in [9.17, 15) is 14.0 Å². The minimum Gasteiger partial charge on any atom is -0.462 e. The van der Waals surface area contributed by atoms with Crippen LogP contribution in [0.3, 0.4) is 0 Å². The van der Waals surface area contributed by atoms with Crippen molar-refractivity contribution in [3.63, 3.8) is 0 Å². The Kier molecular flexibility index (Phi) is 5.25. The summed E-state index contributed by atoms with van der Waals surface area (Å²) in [5, 5.41) is 0. The number of carbonyl (C=O) groups excluding carboxylic acids is 2. The van der Waals surface area contributed by atoms with Gasteiger partial charge in [0.2, 0.25) is 5.78 Å². The van der Waals surface area contributed by atoms with Crippen molar-refractivity contribution in [2.24, 2.45) is 0 Å². The van der Waals surface area contributed by atoms with Crippen molar-refractivity contribution >= 4 is 11.8 Å². The van der Waals surface area contributed by atoms with Crippen molar-refractivity contribution in [1.82, 2.24) is 4.57 Å². The van der Waals surface area contributed by atoms with Crippen molar-refractivity contribution in [3.05, 3.63) is 58.7 Å². The molecule has 0 bridgehead atoms. The molecule has 1 atom stereocenters. The van der Waals surface area contributed by atoms with Crippen molar-refractivity contribution in [1.29, 1.82) is 0 Å². The van der Waals surface area contributed by atoms with Gasteiger partial charge in [0.1, 0.15) is 5.82 Å². The lowest BCUT2D eigenvalue weighted by Gasteiger charge is -2.12. The van der Waals surface area contributed by atoms with Crippen molar-refractivity contribution < 1.29 is 18.7 Å². The summed E-state index contributed by atoms with van der Waals surface area (Å²) in [6.45, 7) is 6.33. The zero-order valence-electron chi connectivity index (χ0n) is 15.4. The predicted molar refractivity (Wildman–Crippen MR) is 96.8 cm³/mol. The fraction of sp³-hybridized carbons (Fsp3) is 0.429. The van der Waals surface area contributed by atoms with Gasteiger partial charge < -0.3 is 9.30 Å². The van der Waals surface area contributed by atoms with Crippen molar-refractivity contribution in [3.8, 4) is 0 Å². The third-order valence-electron chi connectivity index (χ3n) is 4.68. The predicted octanol–water partition coefficient (Wildman–Crippen LogP) is 4.25. The molecule has 0 aliphatic carbocycles. The van der Waals surface area contributed by atoms with E-state index in [0.717, 1.165) is 24.1 Å². The van der Waals surface area contributed by atoms with Crippen LogP contribution >= 0.6 is 0 Å². The van der Waals surface area contributed by atoms with E-state index in [4.69, 9.17) is 4.74 Å². The van der Waals surface area contributed by atoms with Crippen LogP contribution in [0.2, 0.25) is 0 Å². The second-order valence-electron chi connectivity index (χ2n) is 7.01. The molecular weight excluding hydrogens is 333 g/mol. The summed E-state index contributed by atoms with van der Waals surface area (Å²) in [6, 6.07) is 7.58. The molecule has 3 rings (SSSR count). The first-order valence-electron chi connectivity index (χ1n) is 9.15. The van der Waals surface area contributed by atoms with Crippen LogP contribution in [0.15, 0.2) is 30.3 Å². The van der Waals surface area contributed by atoms with Crippen LogP contribution < -0.4 is 0 Å². The van der Waals surface area contributed by atoms with E-state index >= 15 is 0 Å². The molecule has 0 saturated carbocycles. The summed E-state index contributed by atoms with van der Waals surface area (Å²) >= 11 is 0. The molecule has 0 fully saturated rings. The van der Waals surface area contributed by atoms with E-state index in [0.29, 0.717) is 24.2 Å².